The van der Waals surface area contributed by atoms with E-state index in [0.29, 0.717) is 15.8 Å². The molecule has 0 aliphatic rings. The summed E-state index contributed by atoms with van der Waals surface area (Å²) in [6.07, 6.45) is 1.57. The molecule has 34 heavy (non-hydrogen) atoms. The van der Waals surface area contributed by atoms with Gasteiger partial charge >= 0.3 is 5.63 Å². The number of fused-ring (bicyclic) bond motifs is 3. The predicted octanol–water partition coefficient (Wildman–Crippen LogP) is 4.99. The molecule has 170 valence electrons. The fraction of sp³-hybridized carbons (Fsp3) is 0.0800. The molecule has 5 rings (SSSR count). The van der Waals surface area contributed by atoms with Gasteiger partial charge in [0.2, 0.25) is 0 Å². The maximum absolute atomic E-state index is 13.5. The van der Waals surface area contributed by atoms with Crippen molar-refractivity contribution >= 4 is 33.8 Å². The first-order valence-electron chi connectivity index (χ1n) is 10.2. The average Bonchev–Trinajstić information content (AvgIpc) is 2.81. The van der Waals surface area contributed by atoms with Crippen LogP contribution in [0.1, 0.15) is 11.1 Å². The summed E-state index contributed by atoms with van der Waals surface area (Å²) >= 11 is 0.865. The van der Waals surface area contributed by atoms with Crippen molar-refractivity contribution in [3.05, 3.63) is 104 Å². The molecule has 5 aromatic rings. The summed E-state index contributed by atoms with van der Waals surface area (Å²) < 4.78 is 33.5. The summed E-state index contributed by atoms with van der Waals surface area (Å²) in [5.74, 6) is -1.38. The molecule has 1 N–H and O–H groups in total. The fourth-order valence-corrected chi connectivity index (χ4v) is 4.53. The van der Waals surface area contributed by atoms with Crippen LogP contribution in [-0.2, 0) is 6.54 Å². The van der Waals surface area contributed by atoms with Crippen molar-refractivity contribution < 1.29 is 18.3 Å². The first-order chi connectivity index (χ1) is 16.3. The molecule has 0 saturated carbocycles. The van der Waals surface area contributed by atoms with Gasteiger partial charge < -0.3 is 9.52 Å². The molecule has 0 bridgehead atoms. The van der Waals surface area contributed by atoms with Gasteiger partial charge in [-0.15, -0.1) is 0 Å². The number of aromatic nitrogens is 2. The second kappa shape index (κ2) is 8.42. The van der Waals surface area contributed by atoms with Crippen LogP contribution < -0.4 is 11.2 Å². The van der Waals surface area contributed by atoms with E-state index in [9.17, 15) is 23.5 Å². The minimum atomic E-state index is -0.835. The summed E-state index contributed by atoms with van der Waals surface area (Å²) in [5, 5.41) is 11.2. The van der Waals surface area contributed by atoms with E-state index in [1.807, 2.05) is 0 Å². The number of aromatic hydroxyl groups is 1. The molecule has 0 radical (unpaired) electrons. The highest BCUT2D eigenvalue weighted by atomic mass is 32.2. The molecule has 0 fully saturated rings. The highest BCUT2D eigenvalue weighted by molar-refractivity contribution is 7.99. The molecule has 9 heteroatoms. The van der Waals surface area contributed by atoms with Crippen LogP contribution in [0.5, 0.6) is 5.75 Å². The van der Waals surface area contributed by atoms with E-state index < -0.39 is 28.6 Å². The van der Waals surface area contributed by atoms with Gasteiger partial charge in [0.1, 0.15) is 27.6 Å². The number of nitrogens with zero attached hydrogens (tertiary/aromatic N) is 2. The van der Waals surface area contributed by atoms with Crippen molar-refractivity contribution in [2.45, 2.75) is 23.3 Å². The first-order valence-corrected chi connectivity index (χ1v) is 11.0. The van der Waals surface area contributed by atoms with Crippen LogP contribution in [0.25, 0.3) is 22.0 Å². The lowest BCUT2D eigenvalue weighted by Gasteiger charge is -2.14. The summed E-state index contributed by atoms with van der Waals surface area (Å²) in [6, 6.07) is 12.7. The first kappa shape index (κ1) is 21.8. The smallest absolute Gasteiger partial charge is 0.354 e. The number of aryl methyl sites for hydroxylation is 1. The SMILES string of the molecule is Cc1cnc2c(c1)c1oc(=O)c(Sc3ccc(F)cc3)c(O)c1c(=O)n2Cc1ccc(F)cc1. The number of hydrogen-bond donors (Lipinski definition) is 1. The topological polar surface area (TPSA) is 85.3 Å². The third-order valence-corrected chi connectivity index (χ3v) is 6.38. The monoisotopic (exact) mass is 478 g/mol. The summed E-state index contributed by atoms with van der Waals surface area (Å²) in [5.41, 5.74) is 0.131. The number of halogens is 2. The zero-order chi connectivity index (χ0) is 24.0. The van der Waals surface area contributed by atoms with Crippen molar-refractivity contribution in [1.82, 2.24) is 9.55 Å². The molecule has 0 aliphatic heterocycles. The molecule has 0 aliphatic carbocycles. The van der Waals surface area contributed by atoms with Crippen LogP contribution in [0, 0.1) is 18.6 Å². The molecule has 0 saturated heterocycles. The van der Waals surface area contributed by atoms with Crippen molar-refractivity contribution in [3.63, 3.8) is 0 Å². The molecule has 3 aromatic heterocycles. The molecular weight excluding hydrogens is 462 g/mol. The maximum atomic E-state index is 13.5. The van der Waals surface area contributed by atoms with Crippen LogP contribution in [-0.4, -0.2) is 14.7 Å². The van der Waals surface area contributed by atoms with Gasteiger partial charge in [-0.1, -0.05) is 23.9 Å². The minimum Gasteiger partial charge on any atom is -0.505 e. The van der Waals surface area contributed by atoms with Gasteiger partial charge in [0.15, 0.2) is 11.3 Å². The molecule has 2 aromatic carbocycles. The van der Waals surface area contributed by atoms with Gasteiger partial charge in [-0.3, -0.25) is 9.36 Å². The number of pyridine rings is 2. The standard InChI is InChI=1S/C25H16F2N2O4S/c1-13-10-18-21-19(20(30)22(25(32)33-21)34-17-8-6-16(27)7-9-17)24(31)29(23(18)28-11-13)12-14-2-4-15(26)5-3-14/h2-11,30H,12H2,1H3. The van der Waals surface area contributed by atoms with E-state index in [-0.39, 0.29) is 28.1 Å². The Hall–Kier alpha value is -3.98. The van der Waals surface area contributed by atoms with Crippen LogP contribution in [0.2, 0.25) is 0 Å². The van der Waals surface area contributed by atoms with Gasteiger partial charge in [-0.05, 0) is 60.5 Å². The highest BCUT2D eigenvalue weighted by Gasteiger charge is 2.23. The lowest BCUT2D eigenvalue weighted by molar-refractivity contribution is 0.446. The zero-order valence-electron chi connectivity index (χ0n) is 17.7. The second-order valence-corrected chi connectivity index (χ2v) is 8.81. The van der Waals surface area contributed by atoms with Crippen molar-refractivity contribution in [3.8, 4) is 5.75 Å². The van der Waals surface area contributed by atoms with Crippen molar-refractivity contribution in [1.29, 1.82) is 0 Å². The molecule has 0 atom stereocenters. The van der Waals surface area contributed by atoms with E-state index in [4.69, 9.17) is 4.42 Å². The van der Waals surface area contributed by atoms with Gasteiger partial charge in [0.05, 0.1) is 11.9 Å². The molecule has 0 amide bonds. The maximum Gasteiger partial charge on any atom is 0.354 e. The van der Waals surface area contributed by atoms with E-state index >= 15 is 0 Å². The van der Waals surface area contributed by atoms with Gasteiger partial charge in [0.25, 0.3) is 5.56 Å². The summed E-state index contributed by atoms with van der Waals surface area (Å²) in [7, 11) is 0. The van der Waals surface area contributed by atoms with E-state index in [0.717, 1.165) is 17.3 Å². The molecule has 3 heterocycles. The third-order valence-electron chi connectivity index (χ3n) is 5.31. The van der Waals surface area contributed by atoms with Crippen LogP contribution in [0.3, 0.4) is 0 Å². The number of hydrogen-bond acceptors (Lipinski definition) is 6. The Labute approximate surface area is 195 Å². The Kier molecular flexibility index (Phi) is 5.41. The normalized spacial score (nSPS) is 11.4. The van der Waals surface area contributed by atoms with Crippen LogP contribution in [0.4, 0.5) is 8.78 Å². The molecule has 0 unspecified atom stereocenters. The lowest BCUT2D eigenvalue weighted by Crippen LogP contribution is -2.23. The lowest BCUT2D eigenvalue weighted by atomic mass is 10.1. The van der Waals surface area contributed by atoms with Crippen molar-refractivity contribution in [2.75, 3.05) is 0 Å². The van der Waals surface area contributed by atoms with Crippen LogP contribution >= 0.6 is 11.8 Å². The highest BCUT2D eigenvalue weighted by Crippen LogP contribution is 2.37. The predicted molar refractivity (Wildman–Crippen MR) is 124 cm³/mol. The van der Waals surface area contributed by atoms with Gasteiger partial charge in [-0.25, -0.2) is 18.6 Å². The Morgan fingerprint density at radius 2 is 1.68 bits per heavy atom. The number of benzene rings is 2. The molecule has 6 nitrogen and oxygen atoms in total. The van der Waals surface area contributed by atoms with Gasteiger partial charge in [-0.2, -0.15) is 0 Å². The van der Waals surface area contributed by atoms with Crippen molar-refractivity contribution in [2.24, 2.45) is 0 Å². The Bertz CT molecular complexity index is 1680. The summed E-state index contributed by atoms with van der Waals surface area (Å²) in [6.45, 7) is 1.85. The molecular formula is C25H16F2N2O4S. The zero-order valence-corrected chi connectivity index (χ0v) is 18.5. The minimum absolute atomic E-state index is 0.0562. The Morgan fingerprint density at radius 3 is 2.35 bits per heavy atom. The molecule has 0 spiro atoms. The van der Waals surface area contributed by atoms with Gasteiger partial charge in [0, 0.05) is 11.1 Å². The summed E-state index contributed by atoms with van der Waals surface area (Å²) in [4.78, 5) is 31.0. The Morgan fingerprint density at radius 1 is 1.03 bits per heavy atom. The fourth-order valence-electron chi connectivity index (χ4n) is 3.70. The quantitative estimate of drug-likeness (QED) is 0.366. The Balaban J connectivity index is 1.78. The van der Waals surface area contributed by atoms with E-state index in [1.165, 1.54) is 41.0 Å². The number of rotatable bonds is 4. The van der Waals surface area contributed by atoms with E-state index in [2.05, 4.69) is 4.98 Å². The second-order valence-electron chi connectivity index (χ2n) is 7.73. The third kappa shape index (κ3) is 3.84. The largest absolute Gasteiger partial charge is 0.505 e. The van der Waals surface area contributed by atoms with E-state index in [1.54, 1.807) is 31.3 Å². The van der Waals surface area contributed by atoms with Crippen LogP contribution in [0.15, 0.2) is 84.6 Å². The average molecular weight is 478 g/mol.